The third kappa shape index (κ3) is 4.52. The first-order valence-corrected chi connectivity index (χ1v) is 12.7. The summed E-state index contributed by atoms with van der Waals surface area (Å²) < 4.78 is 1.72. The van der Waals surface area contributed by atoms with Crippen LogP contribution in [-0.4, -0.2) is 46.0 Å². The van der Waals surface area contributed by atoms with E-state index in [1.54, 1.807) is 40.8 Å². The molecule has 1 fully saturated rings. The molecule has 36 heavy (non-hydrogen) atoms. The minimum atomic E-state index is -0.389. The van der Waals surface area contributed by atoms with E-state index in [0.29, 0.717) is 30.3 Å². The van der Waals surface area contributed by atoms with Crippen LogP contribution in [0.15, 0.2) is 30.3 Å². The van der Waals surface area contributed by atoms with Gasteiger partial charge in [-0.25, -0.2) is 0 Å². The Hall–Kier alpha value is -2.85. The maximum absolute atomic E-state index is 13.7. The van der Waals surface area contributed by atoms with Crippen molar-refractivity contribution in [2.45, 2.75) is 33.6 Å². The number of aromatic nitrogens is 1. The fourth-order valence-electron chi connectivity index (χ4n) is 5.11. The van der Waals surface area contributed by atoms with E-state index in [-0.39, 0.29) is 44.9 Å². The molecule has 0 spiro atoms. The second-order valence-corrected chi connectivity index (χ2v) is 11.0. The molecule has 0 aliphatic carbocycles. The van der Waals surface area contributed by atoms with Gasteiger partial charge in [-0.05, 0) is 67.0 Å². The Bertz CT molecular complexity index is 1410. The van der Waals surface area contributed by atoms with Gasteiger partial charge in [0.25, 0.3) is 5.91 Å². The first kappa shape index (κ1) is 26.2. The van der Waals surface area contributed by atoms with Gasteiger partial charge in [0.15, 0.2) is 0 Å². The largest absolute Gasteiger partial charge is 0.396 e. The highest BCUT2D eigenvalue weighted by Crippen LogP contribution is 2.37. The molecule has 1 N–H and O–H groups in total. The molecule has 2 heterocycles. The van der Waals surface area contributed by atoms with Crippen LogP contribution < -0.4 is 0 Å². The Kier molecular flexibility index (Phi) is 7.21. The van der Waals surface area contributed by atoms with Gasteiger partial charge in [0.05, 0.1) is 38.5 Å². The Labute approximate surface area is 221 Å². The molecule has 0 atom stereocenters. The summed E-state index contributed by atoms with van der Waals surface area (Å²) in [4.78, 5) is 28.8. The van der Waals surface area contributed by atoms with E-state index < -0.39 is 0 Å². The minimum absolute atomic E-state index is 0.0370. The number of piperidine rings is 1. The van der Waals surface area contributed by atoms with E-state index in [0.717, 1.165) is 29.3 Å². The predicted molar refractivity (Wildman–Crippen MR) is 142 cm³/mol. The monoisotopic (exact) mass is 525 g/mol. The normalized spacial score (nSPS) is 14.8. The average molecular weight is 526 g/mol. The summed E-state index contributed by atoms with van der Waals surface area (Å²) in [5.74, 6) is -0.307. The van der Waals surface area contributed by atoms with Gasteiger partial charge in [0.1, 0.15) is 0 Å². The molecule has 1 saturated heterocycles. The Morgan fingerprint density at radius 1 is 1.17 bits per heavy atom. The highest BCUT2D eigenvalue weighted by atomic mass is 35.5. The molecule has 4 rings (SSSR count). The van der Waals surface area contributed by atoms with Gasteiger partial charge in [-0.15, -0.1) is 0 Å². The number of hydrogen-bond donors (Lipinski definition) is 1. The summed E-state index contributed by atoms with van der Waals surface area (Å²) >= 11 is 13.1. The van der Waals surface area contributed by atoms with Crippen molar-refractivity contribution in [3.8, 4) is 6.07 Å². The number of hydrogen-bond acceptors (Lipinski definition) is 4. The molecule has 1 aromatic heterocycles. The third-order valence-corrected chi connectivity index (χ3v) is 8.28. The van der Waals surface area contributed by atoms with E-state index in [1.807, 2.05) is 20.8 Å². The number of nitriles is 1. The van der Waals surface area contributed by atoms with Crippen LogP contribution in [0.5, 0.6) is 0 Å². The number of likely N-dealkylation sites (tertiary alicyclic amines) is 1. The molecule has 1 amide bonds. The molecular weight excluding hydrogens is 497 g/mol. The molecule has 8 heteroatoms. The van der Waals surface area contributed by atoms with Crippen molar-refractivity contribution in [3.05, 3.63) is 68.3 Å². The molecule has 1 aliphatic rings. The Morgan fingerprint density at radius 2 is 1.83 bits per heavy atom. The van der Waals surface area contributed by atoms with Crippen molar-refractivity contribution in [3.63, 3.8) is 0 Å². The van der Waals surface area contributed by atoms with Crippen LogP contribution in [0.2, 0.25) is 10.0 Å². The first-order chi connectivity index (χ1) is 17.0. The van der Waals surface area contributed by atoms with Crippen LogP contribution in [0.3, 0.4) is 0 Å². The van der Waals surface area contributed by atoms with E-state index in [9.17, 15) is 20.0 Å². The van der Waals surface area contributed by atoms with Crippen molar-refractivity contribution in [1.29, 1.82) is 5.26 Å². The van der Waals surface area contributed by atoms with E-state index in [4.69, 9.17) is 23.2 Å². The Balaban J connectivity index is 1.67. The number of benzene rings is 2. The van der Waals surface area contributed by atoms with Crippen molar-refractivity contribution in [2.24, 2.45) is 18.4 Å². The molecule has 188 valence electrons. The summed E-state index contributed by atoms with van der Waals surface area (Å²) in [6.45, 7) is 7.18. The smallest absolute Gasteiger partial charge is 0.255 e. The van der Waals surface area contributed by atoms with Gasteiger partial charge in [-0.3, -0.25) is 9.59 Å². The summed E-state index contributed by atoms with van der Waals surface area (Å²) in [6, 6.07) is 10.5. The lowest BCUT2D eigenvalue weighted by molar-refractivity contribution is 0.0409. The van der Waals surface area contributed by atoms with Gasteiger partial charge >= 0.3 is 0 Å². The molecule has 0 unspecified atom stereocenters. The zero-order valence-electron chi connectivity index (χ0n) is 20.9. The number of aliphatic hydroxyl groups is 1. The average Bonchev–Trinajstić information content (AvgIpc) is 3.20. The lowest BCUT2D eigenvalue weighted by Crippen LogP contribution is -2.43. The fraction of sp³-hybridized carbons (Fsp3) is 0.393. The number of aryl methyl sites for hydroxylation is 2. The minimum Gasteiger partial charge on any atom is -0.396 e. The number of carbonyl (C=O) groups is 2. The number of ketones is 1. The SMILES string of the molecule is Cc1cc(C#N)cc2c1cc(C(=O)c1c(Cl)ccc(C(=O)N3CCC(C(C)(C)CO)CC3)c1Cl)n2C. The molecule has 2 aromatic carbocycles. The van der Waals surface area contributed by atoms with Gasteiger partial charge in [0, 0.05) is 37.6 Å². The van der Waals surface area contributed by atoms with Crippen LogP contribution in [0.4, 0.5) is 0 Å². The number of amides is 1. The van der Waals surface area contributed by atoms with Gasteiger partial charge in [0.2, 0.25) is 5.78 Å². The second-order valence-electron chi connectivity index (χ2n) is 10.3. The topological polar surface area (TPSA) is 86.3 Å². The van der Waals surface area contributed by atoms with Crippen molar-refractivity contribution in [2.75, 3.05) is 19.7 Å². The van der Waals surface area contributed by atoms with Crippen LogP contribution in [0.25, 0.3) is 10.9 Å². The third-order valence-electron chi connectivity index (χ3n) is 7.57. The summed E-state index contributed by atoms with van der Waals surface area (Å²) in [5.41, 5.74) is 2.64. The molecule has 1 aliphatic heterocycles. The quantitative estimate of drug-likeness (QED) is 0.428. The van der Waals surface area contributed by atoms with Gasteiger partial charge in [-0.1, -0.05) is 37.0 Å². The van der Waals surface area contributed by atoms with Crippen LogP contribution in [0.1, 0.15) is 64.2 Å². The zero-order chi connectivity index (χ0) is 26.4. The molecule has 0 radical (unpaired) electrons. The number of rotatable bonds is 5. The van der Waals surface area contributed by atoms with Crippen LogP contribution >= 0.6 is 23.2 Å². The number of carbonyl (C=O) groups excluding carboxylic acids is 2. The molecule has 0 saturated carbocycles. The predicted octanol–water partition coefficient (Wildman–Crippen LogP) is 5.77. The van der Waals surface area contributed by atoms with Crippen LogP contribution in [-0.2, 0) is 7.05 Å². The van der Waals surface area contributed by atoms with E-state index in [2.05, 4.69) is 6.07 Å². The van der Waals surface area contributed by atoms with Crippen molar-refractivity contribution < 1.29 is 14.7 Å². The number of nitrogens with zero attached hydrogens (tertiary/aromatic N) is 3. The van der Waals surface area contributed by atoms with Crippen molar-refractivity contribution >= 4 is 45.8 Å². The summed E-state index contributed by atoms with van der Waals surface area (Å²) in [7, 11) is 1.75. The first-order valence-electron chi connectivity index (χ1n) is 11.9. The van der Waals surface area contributed by atoms with E-state index in [1.165, 1.54) is 6.07 Å². The summed E-state index contributed by atoms with van der Waals surface area (Å²) in [5, 5.41) is 20.1. The Morgan fingerprint density at radius 3 is 2.44 bits per heavy atom. The standard InChI is InChI=1S/C28H29Cl2N3O3/c1-16-11-17(14-31)12-22-20(16)13-23(32(22)4)26(35)24-21(29)6-5-19(25(24)30)27(36)33-9-7-18(8-10-33)28(2,3)15-34/h5-6,11-13,18,34H,7-10,15H2,1-4H3. The van der Waals surface area contributed by atoms with Crippen LogP contribution in [0, 0.1) is 29.6 Å². The van der Waals surface area contributed by atoms with E-state index >= 15 is 0 Å². The van der Waals surface area contributed by atoms with Crippen molar-refractivity contribution in [1.82, 2.24) is 9.47 Å². The number of fused-ring (bicyclic) bond motifs is 1. The highest BCUT2D eigenvalue weighted by Gasteiger charge is 2.34. The van der Waals surface area contributed by atoms with Gasteiger partial charge < -0.3 is 14.6 Å². The number of halogens is 2. The molecular formula is C28H29Cl2N3O3. The second kappa shape index (κ2) is 9.89. The number of aliphatic hydroxyl groups excluding tert-OH is 1. The molecule has 3 aromatic rings. The maximum atomic E-state index is 13.7. The maximum Gasteiger partial charge on any atom is 0.255 e. The van der Waals surface area contributed by atoms with Gasteiger partial charge in [-0.2, -0.15) is 5.26 Å². The fourth-order valence-corrected chi connectivity index (χ4v) is 5.73. The molecule has 0 bridgehead atoms. The lowest BCUT2D eigenvalue weighted by Gasteiger charge is -2.39. The summed E-state index contributed by atoms with van der Waals surface area (Å²) in [6.07, 6.45) is 1.58. The lowest BCUT2D eigenvalue weighted by atomic mass is 9.74. The highest BCUT2D eigenvalue weighted by molar-refractivity contribution is 6.42. The zero-order valence-corrected chi connectivity index (χ0v) is 22.4. The molecule has 6 nitrogen and oxygen atoms in total.